The van der Waals surface area contributed by atoms with Crippen LogP contribution >= 0.6 is 0 Å². The van der Waals surface area contributed by atoms with Crippen LogP contribution < -0.4 is 5.32 Å². The molecule has 1 fully saturated rings. The number of nitrogens with zero attached hydrogens (tertiary/aromatic N) is 1. The van der Waals surface area contributed by atoms with E-state index in [9.17, 15) is 0 Å². The Bertz CT molecular complexity index is 352. The van der Waals surface area contributed by atoms with Crippen molar-refractivity contribution < 1.29 is 0 Å². The molecule has 2 heteroatoms. The Morgan fingerprint density at radius 2 is 1.75 bits per heavy atom. The van der Waals surface area contributed by atoms with Crippen LogP contribution in [0.5, 0.6) is 0 Å². The minimum Gasteiger partial charge on any atom is -0.317 e. The lowest BCUT2D eigenvalue weighted by Crippen LogP contribution is -2.49. The van der Waals surface area contributed by atoms with Crippen LogP contribution in [0.1, 0.15) is 24.0 Å². The van der Waals surface area contributed by atoms with E-state index >= 15 is 0 Å². The number of hydrogen-bond acceptors (Lipinski definition) is 2. The molecule has 1 heterocycles. The zero-order chi connectivity index (χ0) is 11.6. The number of piperidine rings is 1. The Labute approximate surface area is 98.7 Å². The Hall–Kier alpha value is -0.860. The number of nitrogens with one attached hydrogen (secondary N) is 1. The topological polar surface area (TPSA) is 15.3 Å². The second-order valence-corrected chi connectivity index (χ2v) is 4.99. The average Bonchev–Trinajstić information content (AvgIpc) is 2.30. The summed E-state index contributed by atoms with van der Waals surface area (Å²) >= 11 is 0. The standard InChI is InChI=1S/C14H22N2/c1-12-6-4-5-7-13(12)14(16(2)3)8-10-15-11-9-14/h4-7,15H,8-11H2,1-3H3. The van der Waals surface area contributed by atoms with Crippen LogP contribution in [0.3, 0.4) is 0 Å². The molecule has 0 unspecified atom stereocenters. The van der Waals surface area contributed by atoms with Gasteiger partial charge in [0.25, 0.3) is 0 Å². The SMILES string of the molecule is Cc1ccccc1C1(N(C)C)CCNCC1. The molecule has 2 rings (SSSR count). The molecule has 0 aliphatic carbocycles. The molecule has 2 nitrogen and oxygen atoms in total. The van der Waals surface area contributed by atoms with Gasteiger partial charge in [-0.3, -0.25) is 4.90 Å². The first-order valence-corrected chi connectivity index (χ1v) is 6.11. The molecule has 1 N–H and O–H groups in total. The van der Waals surface area contributed by atoms with Gasteiger partial charge >= 0.3 is 0 Å². The van der Waals surface area contributed by atoms with E-state index in [0.717, 1.165) is 13.1 Å². The van der Waals surface area contributed by atoms with Crippen molar-refractivity contribution in [3.05, 3.63) is 35.4 Å². The van der Waals surface area contributed by atoms with Gasteiger partial charge in [0.15, 0.2) is 0 Å². The summed E-state index contributed by atoms with van der Waals surface area (Å²) in [6, 6.07) is 8.81. The molecule has 0 atom stereocenters. The van der Waals surface area contributed by atoms with Crippen molar-refractivity contribution in [1.82, 2.24) is 10.2 Å². The van der Waals surface area contributed by atoms with E-state index in [2.05, 4.69) is 55.5 Å². The van der Waals surface area contributed by atoms with Crippen LogP contribution in [-0.2, 0) is 5.54 Å². The van der Waals surface area contributed by atoms with Crippen molar-refractivity contribution in [3.8, 4) is 0 Å². The van der Waals surface area contributed by atoms with E-state index in [1.165, 1.54) is 24.0 Å². The predicted molar refractivity (Wildman–Crippen MR) is 68.6 cm³/mol. The van der Waals surface area contributed by atoms with Crippen LogP contribution in [0.15, 0.2) is 24.3 Å². The van der Waals surface area contributed by atoms with Crippen LogP contribution in [0.2, 0.25) is 0 Å². The maximum absolute atomic E-state index is 3.46. The highest BCUT2D eigenvalue weighted by molar-refractivity contribution is 5.33. The molecule has 0 aromatic heterocycles. The molecule has 1 saturated heterocycles. The highest BCUT2D eigenvalue weighted by Gasteiger charge is 2.36. The Balaban J connectivity index is 2.43. The number of hydrogen-bond donors (Lipinski definition) is 1. The summed E-state index contributed by atoms with van der Waals surface area (Å²) in [5.74, 6) is 0. The molecular weight excluding hydrogens is 196 g/mol. The Morgan fingerprint density at radius 3 is 2.31 bits per heavy atom. The lowest BCUT2D eigenvalue weighted by atomic mass is 9.78. The summed E-state index contributed by atoms with van der Waals surface area (Å²) in [5.41, 5.74) is 3.15. The fraction of sp³-hybridized carbons (Fsp3) is 0.571. The molecule has 1 aliphatic rings. The monoisotopic (exact) mass is 218 g/mol. The lowest BCUT2D eigenvalue weighted by Gasteiger charge is -2.44. The van der Waals surface area contributed by atoms with Gasteiger partial charge in [-0.25, -0.2) is 0 Å². The molecule has 0 saturated carbocycles. The molecular formula is C14H22N2. The summed E-state index contributed by atoms with van der Waals surface area (Å²) in [6.45, 7) is 4.46. The van der Waals surface area contributed by atoms with Crippen LogP contribution in [0.25, 0.3) is 0 Å². The molecule has 1 aromatic carbocycles. The minimum atomic E-state index is 0.233. The largest absolute Gasteiger partial charge is 0.317 e. The van der Waals surface area contributed by atoms with Crippen LogP contribution in [0, 0.1) is 6.92 Å². The molecule has 0 radical (unpaired) electrons. The average molecular weight is 218 g/mol. The van der Waals surface area contributed by atoms with Crippen molar-refractivity contribution in [2.75, 3.05) is 27.2 Å². The second-order valence-electron chi connectivity index (χ2n) is 4.99. The van der Waals surface area contributed by atoms with Gasteiger partial charge in [0, 0.05) is 5.54 Å². The zero-order valence-electron chi connectivity index (χ0n) is 10.6. The quantitative estimate of drug-likeness (QED) is 0.818. The first kappa shape index (κ1) is 11.6. The van der Waals surface area contributed by atoms with Gasteiger partial charge in [0.05, 0.1) is 0 Å². The van der Waals surface area contributed by atoms with Crippen molar-refractivity contribution in [2.45, 2.75) is 25.3 Å². The van der Waals surface area contributed by atoms with Crippen molar-refractivity contribution in [1.29, 1.82) is 0 Å². The van der Waals surface area contributed by atoms with Crippen LogP contribution in [-0.4, -0.2) is 32.1 Å². The molecule has 0 amide bonds. The van der Waals surface area contributed by atoms with Gasteiger partial charge in [-0.15, -0.1) is 0 Å². The van der Waals surface area contributed by atoms with E-state index in [4.69, 9.17) is 0 Å². The van der Waals surface area contributed by atoms with E-state index in [1.54, 1.807) is 0 Å². The number of benzene rings is 1. The van der Waals surface area contributed by atoms with E-state index < -0.39 is 0 Å². The normalized spacial score (nSPS) is 20.0. The first-order chi connectivity index (χ1) is 7.67. The third-order valence-corrected chi connectivity index (χ3v) is 3.93. The lowest BCUT2D eigenvalue weighted by molar-refractivity contribution is 0.106. The van der Waals surface area contributed by atoms with Gasteiger partial charge in [0.1, 0.15) is 0 Å². The van der Waals surface area contributed by atoms with Gasteiger partial charge < -0.3 is 5.32 Å². The molecule has 1 aromatic rings. The van der Waals surface area contributed by atoms with Crippen molar-refractivity contribution in [3.63, 3.8) is 0 Å². The first-order valence-electron chi connectivity index (χ1n) is 6.11. The summed E-state index contributed by atoms with van der Waals surface area (Å²) < 4.78 is 0. The summed E-state index contributed by atoms with van der Waals surface area (Å²) in [7, 11) is 4.41. The molecule has 0 spiro atoms. The fourth-order valence-electron chi connectivity index (χ4n) is 2.89. The number of rotatable bonds is 2. The van der Waals surface area contributed by atoms with E-state index in [1.807, 2.05) is 0 Å². The highest BCUT2D eigenvalue weighted by atomic mass is 15.2. The summed E-state index contributed by atoms with van der Waals surface area (Å²) in [6.07, 6.45) is 2.40. The zero-order valence-corrected chi connectivity index (χ0v) is 10.6. The van der Waals surface area contributed by atoms with Gasteiger partial charge in [0.2, 0.25) is 0 Å². The summed E-state index contributed by atoms with van der Waals surface area (Å²) in [4.78, 5) is 2.40. The smallest absolute Gasteiger partial charge is 0.0481 e. The third kappa shape index (κ3) is 1.87. The van der Waals surface area contributed by atoms with Gasteiger partial charge in [-0.2, -0.15) is 0 Å². The molecule has 88 valence electrons. The van der Waals surface area contributed by atoms with Crippen molar-refractivity contribution >= 4 is 0 Å². The Morgan fingerprint density at radius 1 is 1.12 bits per heavy atom. The molecule has 1 aliphatic heterocycles. The maximum atomic E-state index is 3.46. The molecule has 16 heavy (non-hydrogen) atoms. The van der Waals surface area contributed by atoms with Crippen molar-refractivity contribution in [2.24, 2.45) is 0 Å². The second kappa shape index (κ2) is 4.56. The highest BCUT2D eigenvalue weighted by Crippen LogP contribution is 2.36. The predicted octanol–water partition coefficient (Wildman–Crippen LogP) is 2.14. The van der Waals surface area contributed by atoms with E-state index in [-0.39, 0.29) is 5.54 Å². The van der Waals surface area contributed by atoms with Crippen LogP contribution in [0.4, 0.5) is 0 Å². The summed E-state index contributed by atoms with van der Waals surface area (Å²) in [5, 5.41) is 3.46. The van der Waals surface area contributed by atoms with Gasteiger partial charge in [-0.05, 0) is 58.1 Å². The maximum Gasteiger partial charge on any atom is 0.0481 e. The number of aryl methyl sites for hydroxylation is 1. The Kier molecular flexibility index (Phi) is 3.31. The van der Waals surface area contributed by atoms with Gasteiger partial charge in [-0.1, -0.05) is 24.3 Å². The fourth-order valence-corrected chi connectivity index (χ4v) is 2.89. The third-order valence-electron chi connectivity index (χ3n) is 3.93. The molecule has 0 bridgehead atoms. The minimum absolute atomic E-state index is 0.233. The van der Waals surface area contributed by atoms with E-state index in [0.29, 0.717) is 0 Å².